The summed E-state index contributed by atoms with van der Waals surface area (Å²) in [5.74, 6) is -0.321. The molecule has 1 aliphatic heterocycles. The molecule has 0 radical (unpaired) electrons. The Kier molecular flexibility index (Phi) is 6.61. The Morgan fingerprint density at radius 2 is 1.87 bits per heavy atom. The molecule has 0 bridgehead atoms. The van der Waals surface area contributed by atoms with Gasteiger partial charge in [0.2, 0.25) is 10.0 Å². The van der Waals surface area contributed by atoms with Crippen LogP contribution in [0.4, 0.5) is 0 Å². The molecule has 1 unspecified atom stereocenters. The van der Waals surface area contributed by atoms with E-state index in [1.165, 1.54) is 22.2 Å². The predicted molar refractivity (Wildman–Crippen MR) is 150 cm³/mol. The number of carboxylic acids is 1. The largest absolute Gasteiger partial charge is 0.488 e. The highest BCUT2D eigenvalue weighted by Gasteiger charge is 2.32. The molecule has 6 nitrogen and oxygen atoms in total. The second-order valence-corrected chi connectivity index (χ2v) is 12.6. The lowest BCUT2D eigenvalue weighted by molar-refractivity contribution is 0.0696. The van der Waals surface area contributed by atoms with E-state index >= 15 is 0 Å². The molecule has 1 N–H and O–H groups in total. The third-order valence-electron chi connectivity index (χ3n) is 6.97. The van der Waals surface area contributed by atoms with Crippen LogP contribution in [0.3, 0.4) is 0 Å². The van der Waals surface area contributed by atoms with Gasteiger partial charge in [0.1, 0.15) is 16.6 Å². The number of halogens is 1. The fourth-order valence-electron chi connectivity index (χ4n) is 4.99. The van der Waals surface area contributed by atoms with E-state index < -0.39 is 21.2 Å². The van der Waals surface area contributed by atoms with Gasteiger partial charge < -0.3 is 9.84 Å². The number of ether oxygens (including phenoxy) is 1. The monoisotopic (exact) mass is 549 g/mol. The van der Waals surface area contributed by atoms with E-state index in [-0.39, 0.29) is 17.6 Å². The Morgan fingerprint density at radius 3 is 2.55 bits per heavy atom. The number of carbonyl (C=O) groups is 1. The molecule has 38 heavy (non-hydrogen) atoms. The average Bonchev–Trinajstić information content (AvgIpc) is 3.21. The van der Waals surface area contributed by atoms with Crippen LogP contribution in [0.2, 0.25) is 5.02 Å². The molecule has 0 aliphatic carbocycles. The van der Waals surface area contributed by atoms with Crippen LogP contribution < -0.4 is 4.74 Å². The molecule has 4 aromatic rings. The first-order chi connectivity index (χ1) is 18.0. The number of aromatic nitrogens is 1. The lowest BCUT2D eigenvalue weighted by atomic mass is 9.93. The second kappa shape index (κ2) is 9.64. The van der Waals surface area contributed by atoms with Crippen molar-refractivity contribution in [2.45, 2.75) is 44.0 Å². The van der Waals surface area contributed by atoms with Crippen LogP contribution in [-0.2, 0) is 22.9 Å². The summed E-state index contributed by atoms with van der Waals surface area (Å²) in [5, 5.41) is 9.39. The molecule has 0 saturated carbocycles. The fourth-order valence-corrected chi connectivity index (χ4v) is 7.02. The summed E-state index contributed by atoms with van der Waals surface area (Å²) in [7, 11) is -4.02. The van der Waals surface area contributed by atoms with Gasteiger partial charge in [0.05, 0.1) is 11.1 Å². The standard InChI is InChI=1S/C30H28ClNO5S/c1-4-28(22-10-9-20-13-14-30(2,3)37-27(20)18-22)38(35,36)32-25(17-23-16-24(31)11-12-26(23)32)15-19-5-7-21(8-6-19)29(33)34/h4-12,16-18,28H,1,13-15H2,2-3H3,(H,33,34). The maximum Gasteiger partial charge on any atom is 0.335 e. The molecule has 1 aromatic heterocycles. The summed E-state index contributed by atoms with van der Waals surface area (Å²) in [6.07, 6.45) is 3.47. The van der Waals surface area contributed by atoms with E-state index in [0.29, 0.717) is 32.9 Å². The van der Waals surface area contributed by atoms with Gasteiger partial charge in [0.25, 0.3) is 0 Å². The molecule has 0 fully saturated rings. The third kappa shape index (κ3) is 4.84. The van der Waals surface area contributed by atoms with E-state index in [0.717, 1.165) is 24.0 Å². The van der Waals surface area contributed by atoms with Crippen molar-refractivity contribution in [1.82, 2.24) is 3.97 Å². The zero-order valence-electron chi connectivity index (χ0n) is 21.1. The molecule has 1 atom stereocenters. The minimum atomic E-state index is -4.02. The van der Waals surface area contributed by atoms with Gasteiger partial charge in [0.15, 0.2) is 0 Å². The zero-order valence-corrected chi connectivity index (χ0v) is 22.7. The maximum absolute atomic E-state index is 14.3. The molecular formula is C30H28ClNO5S. The molecule has 2 heterocycles. The Balaban J connectivity index is 1.61. The van der Waals surface area contributed by atoms with Gasteiger partial charge in [0, 0.05) is 22.5 Å². The number of nitrogens with zero attached hydrogens (tertiary/aromatic N) is 1. The normalized spacial score (nSPS) is 15.4. The number of carboxylic acid groups (broad SMARTS) is 1. The lowest BCUT2D eigenvalue weighted by Gasteiger charge is -2.33. The van der Waals surface area contributed by atoms with Crippen LogP contribution in [0.15, 0.2) is 79.4 Å². The highest BCUT2D eigenvalue weighted by Crippen LogP contribution is 2.38. The predicted octanol–water partition coefficient (Wildman–Crippen LogP) is 6.79. The Morgan fingerprint density at radius 1 is 1.13 bits per heavy atom. The molecule has 0 spiro atoms. The van der Waals surface area contributed by atoms with E-state index in [1.54, 1.807) is 30.3 Å². The number of fused-ring (bicyclic) bond motifs is 2. The molecule has 0 saturated heterocycles. The van der Waals surface area contributed by atoms with Crippen LogP contribution >= 0.6 is 11.6 Å². The van der Waals surface area contributed by atoms with Crippen molar-refractivity contribution in [3.05, 3.63) is 112 Å². The molecule has 8 heteroatoms. The van der Waals surface area contributed by atoms with Crippen molar-refractivity contribution in [3.8, 4) is 5.75 Å². The molecule has 1 aliphatic rings. The summed E-state index contributed by atoms with van der Waals surface area (Å²) >= 11 is 6.23. The van der Waals surface area contributed by atoms with E-state index in [4.69, 9.17) is 16.3 Å². The van der Waals surface area contributed by atoms with Crippen molar-refractivity contribution in [2.24, 2.45) is 0 Å². The van der Waals surface area contributed by atoms with Crippen LogP contribution in [0.5, 0.6) is 5.75 Å². The van der Waals surface area contributed by atoms with Crippen LogP contribution in [0.1, 0.15) is 58.3 Å². The van der Waals surface area contributed by atoms with Gasteiger partial charge in [-0.25, -0.2) is 17.2 Å². The molecular weight excluding hydrogens is 522 g/mol. The fraction of sp³-hybridized carbons (Fsp3) is 0.233. The SMILES string of the molecule is C=CC(c1ccc2c(c1)OC(C)(C)CC2)S(=O)(=O)n1c(Cc2ccc(C(=O)O)cc2)cc2cc(Cl)ccc21. The zero-order chi connectivity index (χ0) is 27.2. The van der Waals surface area contributed by atoms with E-state index in [1.807, 2.05) is 38.1 Å². The van der Waals surface area contributed by atoms with Crippen molar-refractivity contribution < 1.29 is 23.1 Å². The first-order valence-corrected chi connectivity index (χ1v) is 14.2. The van der Waals surface area contributed by atoms with Gasteiger partial charge in [-0.15, -0.1) is 6.58 Å². The molecule has 3 aromatic carbocycles. The Labute approximate surface area is 227 Å². The van der Waals surface area contributed by atoms with Crippen LogP contribution in [0.25, 0.3) is 10.9 Å². The lowest BCUT2D eigenvalue weighted by Crippen LogP contribution is -2.32. The third-order valence-corrected chi connectivity index (χ3v) is 9.25. The topological polar surface area (TPSA) is 85.6 Å². The van der Waals surface area contributed by atoms with Crippen molar-refractivity contribution >= 4 is 38.5 Å². The molecule has 5 rings (SSSR count). The van der Waals surface area contributed by atoms with Gasteiger partial charge in [-0.1, -0.05) is 41.9 Å². The number of hydrogen-bond donors (Lipinski definition) is 1. The molecule has 0 amide bonds. The van der Waals surface area contributed by atoms with E-state index in [9.17, 15) is 18.3 Å². The number of aromatic carboxylic acids is 1. The first kappa shape index (κ1) is 26.1. The quantitative estimate of drug-likeness (QED) is 0.256. The van der Waals surface area contributed by atoms with Crippen LogP contribution in [-0.4, -0.2) is 29.1 Å². The molecule has 196 valence electrons. The van der Waals surface area contributed by atoms with E-state index in [2.05, 4.69) is 6.58 Å². The minimum absolute atomic E-state index is 0.165. The Bertz CT molecular complexity index is 1670. The number of benzene rings is 3. The highest BCUT2D eigenvalue weighted by atomic mass is 35.5. The van der Waals surface area contributed by atoms with Crippen molar-refractivity contribution in [2.75, 3.05) is 0 Å². The summed E-state index contributed by atoms with van der Waals surface area (Å²) in [6.45, 7) is 7.93. The summed E-state index contributed by atoms with van der Waals surface area (Å²) in [6, 6.07) is 18.9. The smallest absolute Gasteiger partial charge is 0.335 e. The second-order valence-electron chi connectivity index (χ2n) is 10.2. The minimum Gasteiger partial charge on any atom is -0.488 e. The maximum atomic E-state index is 14.3. The van der Waals surface area contributed by atoms with Crippen molar-refractivity contribution in [3.63, 3.8) is 0 Å². The van der Waals surface area contributed by atoms with Gasteiger partial charge in [-0.2, -0.15) is 0 Å². The Hall–Kier alpha value is -3.55. The summed E-state index contributed by atoms with van der Waals surface area (Å²) in [4.78, 5) is 11.3. The number of hydrogen-bond acceptors (Lipinski definition) is 4. The van der Waals surface area contributed by atoms with Gasteiger partial charge in [-0.3, -0.25) is 0 Å². The van der Waals surface area contributed by atoms with Gasteiger partial charge in [-0.05, 0) is 85.8 Å². The first-order valence-electron chi connectivity index (χ1n) is 12.3. The summed E-state index contributed by atoms with van der Waals surface area (Å²) < 4.78 is 36.2. The number of rotatable bonds is 7. The summed E-state index contributed by atoms with van der Waals surface area (Å²) in [5.41, 5.74) is 3.29. The highest BCUT2D eigenvalue weighted by molar-refractivity contribution is 7.90. The van der Waals surface area contributed by atoms with Crippen LogP contribution in [0, 0.1) is 0 Å². The van der Waals surface area contributed by atoms with Gasteiger partial charge >= 0.3 is 5.97 Å². The van der Waals surface area contributed by atoms with Crippen molar-refractivity contribution in [1.29, 1.82) is 0 Å². The average molecular weight is 550 g/mol. The number of aryl methyl sites for hydroxylation is 1.